The van der Waals surface area contributed by atoms with Gasteiger partial charge in [0.05, 0.1) is 18.5 Å². The van der Waals surface area contributed by atoms with Crippen LogP contribution in [-0.4, -0.2) is 39.7 Å². The third kappa shape index (κ3) is 3.39. The average molecular weight is 288 g/mol. The van der Waals surface area contributed by atoms with Gasteiger partial charge in [-0.1, -0.05) is 5.16 Å². The number of rotatable bonds is 5. The van der Waals surface area contributed by atoms with E-state index >= 15 is 0 Å². The second-order valence-corrected chi connectivity index (χ2v) is 5.55. The number of hydrogen-bond donors (Lipinski definition) is 0. The molecule has 0 bridgehead atoms. The van der Waals surface area contributed by atoms with Crippen molar-refractivity contribution in [3.63, 3.8) is 0 Å². The van der Waals surface area contributed by atoms with Crippen LogP contribution in [0.1, 0.15) is 23.4 Å². The molecule has 0 N–H and O–H groups in total. The van der Waals surface area contributed by atoms with Crippen LogP contribution in [0.25, 0.3) is 0 Å². The normalized spacial score (nSPS) is 19.0. The highest BCUT2D eigenvalue weighted by atomic mass is 16.5. The summed E-state index contributed by atoms with van der Waals surface area (Å²) < 4.78 is 10.9. The third-order valence-electron chi connectivity index (χ3n) is 3.94. The predicted octanol–water partition coefficient (Wildman–Crippen LogP) is 1.98. The summed E-state index contributed by atoms with van der Waals surface area (Å²) in [7, 11) is 0. The number of aromatic nitrogens is 3. The highest BCUT2D eigenvalue weighted by Gasteiger charge is 2.25. The maximum atomic E-state index is 5.69. The molecule has 112 valence electrons. The molecule has 3 rings (SSSR count). The summed E-state index contributed by atoms with van der Waals surface area (Å²) in [6, 6.07) is 0. The van der Waals surface area contributed by atoms with Gasteiger partial charge in [0.2, 0.25) is 5.88 Å². The van der Waals surface area contributed by atoms with Gasteiger partial charge >= 0.3 is 0 Å². The monoisotopic (exact) mass is 288 g/mol. The Kier molecular flexibility index (Phi) is 4.15. The molecule has 1 aliphatic heterocycles. The van der Waals surface area contributed by atoms with E-state index in [0.29, 0.717) is 18.4 Å². The average Bonchev–Trinajstić information content (AvgIpc) is 3.08. The zero-order valence-corrected chi connectivity index (χ0v) is 12.5. The first-order valence-corrected chi connectivity index (χ1v) is 7.25. The van der Waals surface area contributed by atoms with Crippen molar-refractivity contribution < 1.29 is 9.26 Å². The molecule has 0 spiro atoms. The van der Waals surface area contributed by atoms with E-state index in [1.807, 2.05) is 13.8 Å². The maximum absolute atomic E-state index is 5.69. The summed E-state index contributed by atoms with van der Waals surface area (Å²) in [6.07, 6.45) is 6.09. The van der Waals surface area contributed by atoms with Crippen molar-refractivity contribution in [3.8, 4) is 5.88 Å². The van der Waals surface area contributed by atoms with Crippen LogP contribution in [0.5, 0.6) is 5.88 Å². The Morgan fingerprint density at radius 2 is 2.29 bits per heavy atom. The van der Waals surface area contributed by atoms with Crippen LogP contribution in [-0.2, 0) is 6.54 Å². The van der Waals surface area contributed by atoms with Crippen LogP contribution in [0.4, 0.5) is 0 Å². The van der Waals surface area contributed by atoms with Gasteiger partial charge in [0.25, 0.3) is 0 Å². The van der Waals surface area contributed by atoms with Crippen molar-refractivity contribution in [2.75, 3.05) is 19.7 Å². The number of aryl methyl sites for hydroxylation is 2. The molecule has 1 atom stereocenters. The highest BCUT2D eigenvalue weighted by molar-refractivity contribution is 5.20. The SMILES string of the molecule is Cc1noc(C)c1CN1CCC(COc2cnccn2)C1. The molecule has 6 nitrogen and oxygen atoms in total. The lowest BCUT2D eigenvalue weighted by Crippen LogP contribution is -2.22. The zero-order chi connectivity index (χ0) is 14.7. The van der Waals surface area contributed by atoms with Crippen molar-refractivity contribution in [3.05, 3.63) is 35.6 Å². The Balaban J connectivity index is 1.49. The Morgan fingerprint density at radius 1 is 1.38 bits per heavy atom. The third-order valence-corrected chi connectivity index (χ3v) is 3.94. The van der Waals surface area contributed by atoms with Gasteiger partial charge in [-0.15, -0.1) is 0 Å². The molecule has 0 amide bonds. The molecule has 1 saturated heterocycles. The van der Waals surface area contributed by atoms with Crippen LogP contribution in [0.3, 0.4) is 0 Å². The Morgan fingerprint density at radius 3 is 3.00 bits per heavy atom. The molecule has 0 radical (unpaired) electrons. The summed E-state index contributed by atoms with van der Waals surface area (Å²) in [5, 5.41) is 4.01. The van der Waals surface area contributed by atoms with Gasteiger partial charge in [-0.25, -0.2) is 4.98 Å². The van der Waals surface area contributed by atoms with Gasteiger partial charge in [-0.2, -0.15) is 0 Å². The first kappa shape index (κ1) is 14.0. The molecular formula is C15H20N4O2. The maximum Gasteiger partial charge on any atom is 0.232 e. The summed E-state index contributed by atoms with van der Waals surface area (Å²) in [6.45, 7) is 7.68. The van der Waals surface area contributed by atoms with Crippen LogP contribution in [0.15, 0.2) is 23.1 Å². The van der Waals surface area contributed by atoms with E-state index in [4.69, 9.17) is 9.26 Å². The molecule has 1 fully saturated rings. The van der Waals surface area contributed by atoms with E-state index in [1.165, 1.54) is 5.56 Å². The molecule has 0 aliphatic carbocycles. The quantitative estimate of drug-likeness (QED) is 0.838. The van der Waals surface area contributed by atoms with Crippen LogP contribution < -0.4 is 4.74 Å². The van der Waals surface area contributed by atoms with Gasteiger partial charge < -0.3 is 9.26 Å². The molecule has 1 aliphatic rings. The fourth-order valence-corrected chi connectivity index (χ4v) is 2.71. The minimum Gasteiger partial charge on any atom is -0.476 e. The lowest BCUT2D eigenvalue weighted by molar-refractivity contribution is 0.231. The van der Waals surface area contributed by atoms with Crippen molar-refractivity contribution in [1.29, 1.82) is 0 Å². The van der Waals surface area contributed by atoms with Crippen molar-refractivity contribution in [1.82, 2.24) is 20.0 Å². The molecule has 2 aromatic rings. The zero-order valence-electron chi connectivity index (χ0n) is 12.5. The van der Waals surface area contributed by atoms with Crippen LogP contribution in [0, 0.1) is 19.8 Å². The lowest BCUT2D eigenvalue weighted by Gasteiger charge is -2.16. The summed E-state index contributed by atoms with van der Waals surface area (Å²) in [4.78, 5) is 10.6. The fourth-order valence-electron chi connectivity index (χ4n) is 2.71. The van der Waals surface area contributed by atoms with Gasteiger partial charge in [0.15, 0.2) is 0 Å². The Hall–Kier alpha value is -1.95. The highest BCUT2D eigenvalue weighted by Crippen LogP contribution is 2.22. The van der Waals surface area contributed by atoms with Gasteiger partial charge in [0.1, 0.15) is 5.76 Å². The molecule has 3 heterocycles. The van der Waals surface area contributed by atoms with E-state index in [1.54, 1.807) is 18.6 Å². The van der Waals surface area contributed by atoms with Crippen LogP contribution in [0.2, 0.25) is 0 Å². The number of likely N-dealkylation sites (tertiary alicyclic amines) is 1. The molecule has 2 aromatic heterocycles. The number of nitrogens with zero attached hydrogens (tertiary/aromatic N) is 4. The molecule has 0 aromatic carbocycles. The van der Waals surface area contributed by atoms with Gasteiger partial charge in [0, 0.05) is 37.0 Å². The molecule has 6 heteroatoms. The summed E-state index contributed by atoms with van der Waals surface area (Å²) >= 11 is 0. The molecular weight excluding hydrogens is 268 g/mol. The Labute approximate surface area is 124 Å². The van der Waals surface area contributed by atoms with E-state index < -0.39 is 0 Å². The molecule has 0 saturated carbocycles. The minimum atomic E-state index is 0.535. The van der Waals surface area contributed by atoms with Crippen molar-refractivity contribution in [2.45, 2.75) is 26.8 Å². The number of hydrogen-bond acceptors (Lipinski definition) is 6. The van der Waals surface area contributed by atoms with Crippen LogP contribution >= 0.6 is 0 Å². The topological polar surface area (TPSA) is 64.3 Å². The second-order valence-electron chi connectivity index (χ2n) is 5.55. The second kappa shape index (κ2) is 6.22. The van der Waals surface area contributed by atoms with Gasteiger partial charge in [-0.05, 0) is 26.8 Å². The summed E-state index contributed by atoms with van der Waals surface area (Å²) in [5.41, 5.74) is 2.21. The smallest absolute Gasteiger partial charge is 0.232 e. The summed E-state index contributed by atoms with van der Waals surface area (Å²) in [5.74, 6) is 2.06. The van der Waals surface area contributed by atoms with Crippen molar-refractivity contribution >= 4 is 0 Å². The number of ether oxygens (including phenoxy) is 1. The first-order chi connectivity index (χ1) is 10.2. The van der Waals surface area contributed by atoms with Crippen molar-refractivity contribution in [2.24, 2.45) is 5.92 Å². The fraction of sp³-hybridized carbons (Fsp3) is 0.533. The predicted molar refractivity (Wildman–Crippen MR) is 76.9 cm³/mol. The van der Waals surface area contributed by atoms with E-state index in [0.717, 1.165) is 37.5 Å². The van der Waals surface area contributed by atoms with E-state index in [2.05, 4.69) is 20.0 Å². The van der Waals surface area contributed by atoms with E-state index in [9.17, 15) is 0 Å². The largest absolute Gasteiger partial charge is 0.476 e. The first-order valence-electron chi connectivity index (χ1n) is 7.25. The van der Waals surface area contributed by atoms with E-state index in [-0.39, 0.29) is 0 Å². The van der Waals surface area contributed by atoms with Gasteiger partial charge in [-0.3, -0.25) is 9.88 Å². The molecule has 21 heavy (non-hydrogen) atoms. The Bertz CT molecular complexity index is 565. The minimum absolute atomic E-state index is 0.535. The standard InChI is InChI=1S/C15H20N4O2/c1-11-14(12(2)21-18-11)9-19-6-3-13(8-19)10-20-15-7-16-4-5-17-15/h4-5,7,13H,3,6,8-10H2,1-2H3. The molecule has 1 unspecified atom stereocenters. The lowest BCUT2D eigenvalue weighted by atomic mass is 10.1.